The number of nitrogens with zero attached hydrogens (tertiary/aromatic N) is 2. The van der Waals surface area contributed by atoms with Crippen LogP contribution in [0.3, 0.4) is 0 Å². The number of hydrogen-bond acceptors (Lipinski definition) is 4. The van der Waals surface area contributed by atoms with Gasteiger partial charge in [0.15, 0.2) is 5.58 Å². The van der Waals surface area contributed by atoms with Crippen molar-refractivity contribution in [2.24, 2.45) is 0 Å². The number of imidazole rings is 1. The van der Waals surface area contributed by atoms with Crippen LogP contribution in [0.5, 0.6) is 0 Å². The lowest BCUT2D eigenvalue weighted by molar-refractivity contribution is 0.193. The van der Waals surface area contributed by atoms with Crippen LogP contribution in [0.1, 0.15) is 18.2 Å². The summed E-state index contributed by atoms with van der Waals surface area (Å²) in [6.45, 7) is 2.26. The van der Waals surface area contributed by atoms with Gasteiger partial charge >= 0.3 is 5.76 Å². The van der Waals surface area contributed by atoms with E-state index in [1.54, 1.807) is 13.3 Å². The van der Waals surface area contributed by atoms with Crippen molar-refractivity contribution in [2.75, 3.05) is 0 Å². The average Bonchev–Trinajstić information content (AvgIpc) is 3.19. The maximum Gasteiger partial charge on any atom is 0.417 e. The molecule has 0 amide bonds. The van der Waals surface area contributed by atoms with Crippen LogP contribution in [0.25, 0.3) is 22.4 Å². The van der Waals surface area contributed by atoms with Gasteiger partial charge in [-0.15, -0.1) is 0 Å². The fourth-order valence-electron chi connectivity index (χ4n) is 3.21. The Morgan fingerprint density at radius 2 is 2.00 bits per heavy atom. The van der Waals surface area contributed by atoms with Crippen molar-refractivity contribution >= 4 is 11.1 Å². The molecule has 132 valence electrons. The number of aliphatic hydroxyl groups excluding tert-OH is 1. The number of H-pyrrole nitrogens is 1. The van der Waals surface area contributed by atoms with E-state index in [4.69, 9.17) is 4.42 Å². The van der Waals surface area contributed by atoms with E-state index < -0.39 is 11.9 Å². The maximum absolute atomic E-state index is 11.5. The third kappa shape index (κ3) is 3.07. The van der Waals surface area contributed by atoms with E-state index >= 15 is 0 Å². The first-order chi connectivity index (χ1) is 12.6. The Morgan fingerprint density at radius 3 is 2.77 bits per heavy atom. The minimum Gasteiger partial charge on any atom is -0.407 e. The Bertz CT molecular complexity index is 1090. The first-order valence-electron chi connectivity index (χ1n) is 8.50. The molecule has 1 atom stereocenters. The predicted molar refractivity (Wildman–Crippen MR) is 99.0 cm³/mol. The van der Waals surface area contributed by atoms with E-state index in [-0.39, 0.29) is 0 Å². The van der Waals surface area contributed by atoms with Crippen molar-refractivity contribution in [3.05, 3.63) is 76.7 Å². The first-order valence-corrected chi connectivity index (χ1v) is 8.50. The highest BCUT2D eigenvalue weighted by Gasteiger charge is 2.16. The number of hydrogen-bond donors (Lipinski definition) is 2. The Kier molecular flexibility index (Phi) is 4.18. The van der Waals surface area contributed by atoms with Crippen molar-refractivity contribution < 1.29 is 9.52 Å². The number of aliphatic hydroxyl groups is 1. The summed E-state index contributed by atoms with van der Waals surface area (Å²) in [7, 11) is 0. The van der Waals surface area contributed by atoms with E-state index in [0.717, 1.165) is 22.5 Å². The summed E-state index contributed by atoms with van der Waals surface area (Å²) in [5.74, 6) is -0.466. The zero-order valence-corrected chi connectivity index (χ0v) is 14.3. The van der Waals surface area contributed by atoms with E-state index in [0.29, 0.717) is 24.1 Å². The highest BCUT2D eigenvalue weighted by atomic mass is 16.4. The van der Waals surface area contributed by atoms with E-state index in [1.807, 2.05) is 53.1 Å². The molecule has 0 radical (unpaired) electrons. The van der Waals surface area contributed by atoms with Crippen LogP contribution in [-0.2, 0) is 13.0 Å². The summed E-state index contributed by atoms with van der Waals surface area (Å²) in [5, 5.41) is 9.96. The number of aromatic amines is 1. The molecule has 0 spiro atoms. The third-order valence-corrected chi connectivity index (χ3v) is 4.35. The van der Waals surface area contributed by atoms with Crippen LogP contribution in [0.15, 0.2) is 64.1 Å². The Hall–Kier alpha value is -3.12. The zero-order chi connectivity index (χ0) is 18.1. The SMILES string of the molecule is CC(O)Cc1c(-c2ccccc2)ncn1Cc1cccc2[nH]c(=O)oc12. The second-order valence-corrected chi connectivity index (χ2v) is 6.40. The van der Waals surface area contributed by atoms with Crippen molar-refractivity contribution in [1.29, 1.82) is 0 Å². The molecule has 0 saturated heterocycles. The molecule has 0 bridgehead atoms. The second-order valence-electron chi connectivity index (χ2n) is 6.40. The number of benzene rings is 2. The number of oxazole rings is 1. The molecule has 0 aliphatic rings. The molecule has 0 saturated carbocycles. The quantitative estimate of drug-likeness (QED) is 0.580. The van der Waals surface area contributed by atoms with Crippen molar-refractivity contribution in [2.45, 2.75) is 26.0 Å². The van der Waals surface area contributed by atoms with Crippen LogP contribution < -0.4 is 5.76 Å². The molecule has 4 aromatic rings. The van der Waals surface area contributed by atoms with Crippen molar-refractivity contribution in [3.8, 4) is 11.3 Å². The molecular weight excluding hydrogens is 330 g/mol. The number of aromatic nitrogens is 3. The number of para-hydroxylation sites is 1. The number of fused-ring (bicyclic) bond motifs is 1. The van der Waals surface area contributed by atoms with Gasteiger partial charge in [0.05, 0.1) is 30.2 Å². The van der Waals surface area contributed by atoms with Gasteiger partial charge in [-0.1, -0.05) is 42.5 Å². The van der Waals surface area contributed by atoms with E-state index in [9.17, 15) is 9.90 Å². The van der Waals surface area contributed by atoms with Gasteiger partial charge in [-0.2, -0.15) is 0 Å². The van der Waals surface area contributed by atoms with Crippen molar-refractivity contribution in [1.82, 2.24) is 14.5 Å². The summed E-state index contributed by atoms with van der Waals surface area (Å²) in [4.78, 5) is 18.8. The highest BCUT2D eigenvalue weighted by molar-refractivity contribution is 5.75. The molecular formula is C20H19N3O3. The average molecular weight is 349 g/mol. The van der Waals surface area contributed by atoms with Crippen LogP contribution >= 0.6 is 0 Å². The Morgan fingerprint density at radius 1 is 1.19 bits per heavy atom. The second kappa shape index (κ2) is 6.65. The first kappa shape index (κ1) is 16.4. The third-order valence-electron chi connectivity index (χ3n) is 4.35. The normalized spacial score (nSPS) is 12.5. The molecule has 2 aromatic heterocycles. The summed E-state index contributed by atoms with van der Waals surface area (Å²) < 4.78 is 7.29. The van der Waals surface area contributed by atoms with Crippen LogP contribution in [0.4, 0.5) is 0 Å². The van der Waals surface area contributed by atoms with E-state index in [2.05, 4.69) is 9.97 Å². The van der Waals surface area contributed by atoms with E-state index in [1.165, 1.54) is 0 Å². The summed E-state index contributed by atoms with van der Waals surface area (Å²) in [5.41, 5.74) is 4.91. The summed E-state index contributed by atoms with van der Waals surface area (Å²) in [6.07, 6.45) is 1.76. The standard InChI is InChI=1S/C20H19N3O3/c1-13(24)10-17-18(14-6-3-2-4-7-14)21-12-23(17)11-15-8-5-9-16-19(15)26-20(25)22-16/h2-9,12-13,24H,10-11H2,1H3,(H,22,25). The summed E-state index contributed by atoms with van der Waals surface area (Å²) in [6, 6.07) is 15.5. The lowest BCUT2D eigenvalue weighted by atomic mass is 10.1. The largest absolute Gasteiger partial charge is 0.417 e. The lowest BCUT2D eigenvalue weighted by Crippen LogP contribution is -2.11. The lowest BCUT2D eigenvalue weighted by Gasteiger charge is -2.12. The minimum absolute atomic E-state index is 0.466. The smallest absolute Gasteiger partial charge is 0.407 e. The fraction of sp³-hybridized carbons (Fsp3) is 0.200. The molecule has 6 heteroatoms. The van der Waals surface area contributed by atoms with Gasteiger partial charge in [0.25, 0.3) is 0 Å². The zero-order valence-electron chi connectivity index (χ0n) is 14.3. The fourth-order valence-corrected chi connectivity index (χ4v) is 3.21. The maximum atomic E-state index is 11.5. The molecule has 2 N–H and O–H groups in total. The number of nitrogens with one attached hydrogen (secondary N) is 1. The molecule has 6 nitrogen and oxygen atoms in total. The van der Waals surface area contributed by atoms with Crippen LogP contribution in [0, 0.1) is 0 Å². The van der Waals surface area contributed by atoms with Gasteiger partial charge in [-0.3, -0.25) is 4.98 Å². The van der Waals surface area contributed by atoms with Gasteiger partial charge in [0.2, 0.25) is 0 Å². The molecule has 1 unspecified atom stereocenters. The minimum atomic E-state index is -0.492. The highest BCUT2D eigenvalue weighted by Crippen LogP contribution is 2.25. The predicted octanol–water partition coefficient (Wildman–Crippen LogP) is 2.96. The van der Waals surface area contributed by atoms with Crippen LogP contribution in [-0.4, -0.2) is 25.7 Å². The Labute approximate surface area is 149 Å². The molecule has 2 heterocycles. The summed E-state index contributed by atoms with van der Waals surface area (Å²) >= 11 is 0. The van der Waals surface area contributed by atoms with Gasteiger partial charge in [0, 0.05) is 23.2 Å². The van der Waals surface area contributed by atoms with Gasteiger partial charge in [-0.05, 0) is 13.0 Å². The molecule has 26 heavy (non-hydrogen) atoms. The topological polar surface area (TPSA) is 84.0 Å². The molecule has 0 aliphatic carbocycles. The van der Waals surface area contributed by atoms with Gasteiger partial charge in [-0.25, -0.2) is 9.78 Å². The molecule has 0 fully saturated rings. The molecule has 4 rings (SSSR count). The van der Waals surface area contributed by atoms with Gasteiger partial charge in [0.1, 0.15) is 0 Å². The molecule has 0 aliphatic heterocycles. The number of rotatable bonds is 5. The van der Waals surface area contributed by atoms with Crippen LogP contribution in [0.2, 0.25) is 0 Å². The monoisotopic (exact) mass is 349 g/mol. The molecule has 2 aromatic carbocycles. The van der Waals surface area contributed by atoms with Crippen molar-refractivity contribution in [3.63, 3.8) is 0 Å². The Balaban J connectivity index is 1.78. The van der Waals surface area contributed by atoms with Gasteiger partial charge < -0.3 is 14.1 Å².